The van der Waals surface area contributed by atoms with Crippen molar-refractivity contribution in [1.29, 1.82) is 0 Å². The van der Waals surface area contributed by atoms with E-state index in [-0.39, 0.29) is 39.2 Å². The summed E-state index contributed by atoms with van der Waals surface area (Å²) in [5.74, 6) is -3.86. The van der Waals surface area contributed by atoms with Crippen LogP contribution in [0, 0.1) is 0 Å². The molecule has 0 aromatic rings. The van der Waals surface area contributed by atoms with E-state index in [1.54, 1.807) is 0 Å². The third kappa shape index (κ3) is 19.3. The lowest BCUT2D eigenvalue weighted by Crippen LogP contribution is -2.57. The van der Waals surface area contributed by atoms with Crippen molar-refractivity contribution >= 4 is 35.6 Å². The van der Waals surface area contributed by atoms with Crippen LogP contribution in [0.2, 0.25) is 0 Å². The number of ether oxygens (including phenoxy) is 5. The van der Waals surface area contributed by atoms with Crippen molar-refractivity contribution in [3.05, 3.63) is 0 Å². The minimum atomic E-state index is -1.44. The molecule has 1 rings (SSSR count). The Hall–Kier alpha value is -3.42. The van der Waals surface area contributed by atoms with Crippen molar-refractivity contribution in [2.24, 2.45) is 0 Å². The van der Waals surface area contributed by atoms with Gasteiger partial charge in [-0.1, -0.05) is 65.2 Å². The normalized spacial score (nSPS) is 20.6. The number of nitrogens with zero attached hydrogens (tertiary/aromatic N) is 1. The predicted molar refractivity (Wildman–Crippen MR) is 193 cm³/mol. The van der Waals surface area contributed by atoms with E-state index in [1.807, 2.05) is 13.8 Å². The highest BCUT2D eigenvalue weighted by molar-refractivity contribution is 5.93. The average Bonchev–Trinajstić information content (AvgIpc) is 3.15. The summed E-state index contributed by atoms with van der Waals surface area (Å²) >= 11 is 0. The number of aliphatic hydroxyl groups excluding tert-OH is 3. The summed E-state index contributed by atoms with van der Waals surface area (Å²) in [5.41, 5.74) is 0. The van der Waals surface area contributed by atoms with E-state index >= 15 is 0 Å². The van der Waals surface area contributed by atoms with Crippen molar-refractivity contribution < 1.29 is 67.8 Å². The Kier molecular flexibility index (Phi) is 25.3. The van der Waals surface area contributed by atoms with Gasteiger partial charge in [-0.15, -0.1) is 0 Å². The van der Waals surface area contributed by atoms with Gasteiger partial charge in [-0.2, -0.15) is 0 Å². The number of hydrogen-bond donors (Lipinski definition) is 6. The molecule has 18 nitrogen and oxygen atoms in total. The predicted octanol–water partition coefficient (Wildman–Crippen LogP) is -0.171. The summed E-state index contributed by atoms with van der Waals surface area (Å²) in [6, 6.07) is -1.90. The van der Waals surface area contributed by atoms with E-state index in [9.17, 15) is 44.1 Å². The lowest BCUT2D eigenvalue weighted by Gasteiger charge is -2.38. The Morgan fingerprint density at radius 2 is 1.22 bits per heavy atom. The highest BCUT2D eigenvalue weighted by Crippen LogP contribution is 2.21. The Morgan fingerprint density at radius 1 is 0.685 bits per heavy atom. The highest BCUT2D eigenvalue weighted by Gasteiger charge is 2.42. The molecule has 0 aromatic heterocycles. The number of methoxy groups -OCH3 is 2. The summed E-state index contributed by atoms with van der Waals surface area (Å²) in [6.45, 7) is 4.68. The number of unbranched alkanes of at least 4 members (excludes halogenated alkanes) is 6. The van der Waals surface area contributed by atoms with Gasteiger partial charge >= 0.3 is 11.9 Å². The molecular weight excluding hydrogens is 712 g/mol. The molecule has 0 bridgehead atoms. The molecule has 0 aliphatic carbocycles. The number of rotatable bonds is 28. The van der Waals surface area contributed by atoms with Crippen LogP contribution in [0.4, 0.5) is 0 Å². The molecule has 312 valence electrons. The second kappa shape index (κ2) is 28.1. The number of amides is 4. The number of carbonyl (C=O) groups is 6. The first-order chi connectivity index (χ1) is 25.8. The SMILES string of the molecule is CCCCCC[C@H](NC(=O)CN(CC(=O)N[C@@H](CCCCCC)C(=O)OC)C(=O)CCC(=O)NCCOCCO[C@@H]1O[C@@H](C)[C@H](O)[C@@H](O)[C@H]1O)C(=O)OC. The van der Waals surface area contributed by atoms with Crippen LogP contribution < -0.4 is 16.0 Å². The summed E-state index contributed by atoms with van der Waals surface area (Å²) in [7, 11) is 2.42. The van der Waals surface area contributed by atoms with Crippen LogP contribution in [0.5, 0.6) is 0 Å². The maximum atomic E-state index is 13.3. The van der Waals surface area contributed by atoms with Gasteiger partial charge in [-0.25, -0.2) is 9.59 Å². The molecule has 0 unspecified atom stereocenters. The van der Waals surface area contributed by atoms with Gasteiger partial charge in [0.1, 0.15) is 43.5 Å². The number of esters is 2. The molecule has 1 aliphatic rings. The zero-order chi connectivity index (χ0) is 40.5. The fourth-order valence-corrected chi connectivity index (χ4v) is 5.60. The Balaban J connectivity index is 2.75. The Morgan fingerprint density at radius 3 is 1.72 bits per heavy atom. The summed E-state index contributed by atoms with van der Waals surface area (Å²) in [4.78, 5) is 77.8. The second-order valence-electron chi connectivity index (χ2n) is 13.2. The van der Waals surface area contributed by atoms with Crippen LogP contribution in [-0.2, 0) is 52.5 Å². The topological polar surface area (TPSA) is 249 Å². The summed E-state index contributed by atoms with van der Waals surface area (Å²) in [5, 5.41) is 37.4. The van der Waals surface area contributed by atoms with Crippen LogP contribution in [0.25, 0.3) is 0 Å². The number of hydrogen-bond acceptors (Lipinski definition) is 14. The van der Waals surface area contributed by atoms with E-state index < -0.39 is 91.4 Å². The molecule has 0 aromatic carbocycles. The van der Waals surface area contributed by atoms with Gasteiger partial charge in [0, 0.05) is 19.4 Å². The minimum Gasteiger partial charge on any atom is -0.467 e. The maximum Gasteiger partial charge on any atom is 0.328 e. The van der Waals surface area contributed by atoms with Gasteiger partial charge in [0.25, 0.3) is 0 Å². The van der Waals surface area contributed by atoms with Crippen molar-refractivity contribution in [2.45, 2.75) is 141 Å². The molecule has 0 saturated carbocycles. The van der Waals surface area contributed by atoms with E-state index in [2.05, 4.69) is 16.0 Å². The number of aliphatic hydroxyl groups is 3. The zero-order valence-corrected chi connectivity index (χ0v) is 32.5. The van der Waals surface area contributed by atoms with Crippen LogP contribution in [0.15, 0.2) is 0 Å². The molecule has 1 aliphatic heterocycles. The van der Waals surface area contributed by atoms with Crippen molar-refractivity contribution in [1.82, 2.24) is 20.9 Å². The highest BCUT2D eigenvalue weighted by atomic mass is 16.7. The van der Waals surface area contributed by atoms with Gasteiger partial charge in [0.2, 0.25) is 23.6 Å². The van der Waals surface area contributed by atoms with Crippen molar-refractivity contribution in [2.75, 3.05) is 53.7 Å². The lowest BCUT2D eigenvalue weighted by atomic mass is 10.0. The molecule has 1 heterocycles. The molecule has 6 N–H and O–H groups in total. The molecule has 1 saturated heterocycles. The molecular formula is C36H64N4O14. The zero-order valence-electron chi connectivity index (χ0n) is 32.5. The first-order valence-corrected chi connectivity index (χ1v) is 19.0. The van der Waals surface area contributed by atoms with E-state index in [0.29, 0.717) is 25.7 Å². The third-order valence-electron chi connectivity index (χ3n) is 8.81. The largest absolute Gasteiger partial charge is 0.467 e. The lowest BCUT2D eigenvalue weighted by molar-refractivity contribution is -0.294. The van der Waals surface area contributed by atoms with Gasteiger partial charge < -0.3 is 59.9 Å². The van der Waals surface area contributed by atoms with Gasteiger partial charge in [0.05, 0.1) is 40.1 Å². The van der Waals surface area contributed by atoms with Crippen LogP contribution in [0.3, 0.4) is 0 Å². The molecule has 18 heteroatoms. The molecule has 54 heavy (non-hydrogen) atoms. The van der Waals surface area contributed by atoms with Crippen LogP contribution >= 0.6 is 0 Å². The van der Waals surface area contributed by atoms with E-state index in [4.69, 9.17) is 23.7 Å². The fourth-order valence-electron chi connectivity index (χ4n) is 5.60. The van der Waals surface area contributed by atoms with Crippen molar-refractivity contribution in [3.63, 3.8) is 0 Å². The minimum absolute atomic E-state index is 0.00480. The Bertz CT molecular complexity index is 1100. The first kappa shape index (κ1) is 48.6. The monoisotopic (exact) mass is 776 g/mol. The van der Waals surface area contributed by atoms with E-state index in [0.717, 1.165) is 43.4 Å². The third-order valence-corrected chi connectivity index (χ3v) is 8.81. The van der Waals surface area contributed by atoms with Crippen LogP contribution in [0.1, 0.15) is 97.8 Å². The molecule has 0 radical (unpaired) electrons. The first-order valence-electron chi connectivity index (χ1n) is 19.0. The average molecular weight is 777 g/mol. The second-order valence-corrected chi connectivity index (χ2v) is 13.2. The number of nitrogens with one attached hydrogen (secondary N) is 3. The molecule has 7 atom stereocenters. The molecule has 1 fully saturated rings. The van der Waals surface area contributed by atoms with Crippen LogP contribution in [-0.4, -0.2) is 152 Å². The van der Waals surface area contributed by atoms with Gasteiger partial charge in [-0.3, -0.25) is 19.2 Å². The summed E-state index contributed by atoms with van der Waals surface area (Å²) in [6.07, 6.45) is 0.952. The standard InChI is InChI=1S/C36H64N4O14/c1-6-8-10-12-14-25(34(48)50-4)38-28(42)22-40(23-29(43)39-26(35(49)51-5)15-13-11-9-7-2)30(44)17-16-27(41)37-18-19-52-20-21-53-36-33(47)32(46)31(45)24(3)54-36/h24-26,31-33,36,45-47H,6-23H2,1-5H3,(H,37,41)(H,38,42)(H,39,43)/t24-,25-,26-,31-,32+,33+,36+/m0/s1. The quantitative estimate of drug-likeness (QED) is 0.0446. The van der Waals surface area contributed by atoms with Gasteiger partial charge in [-0.05, 0) is 19.8 Å². The molecule has 4 amide bonds. The van der Waals surface area contributed by atoms with Crippen molar-refractivity contribution in [3.8, 4) is 0 Å². The van der Waals surface area contributed by atoms with E-state index in [1.165, 1.54) is 21.1 Å². The smallest absolute Gasteiger partial charge is 0.328 e. The Labute approximate surface area is 318 Å². The maximum absolute atomic E-state index is 13.3. The number of carbonyl (C=O) groups excluding carboxylic acids is 6. The van der Waals surface area contributed by atoms with Gasteiger partial charge in [0.15, 0.2) is 6.29 Å². The summed E-state index contributed by atoms with van der Waals surface area (Å²) < 4.78 is 25.8. The molecule has 0 spiro atoms. The fraction of sp³-hybridized carbons (Fsp3) is 0.833.